The van der Waals surface area contributed by atoms with Crippen LogP contribution in [0, 0.1) is 0 Å². The number of amides is 4. The molecule has 29 heavy (non-hydrogen) atoms. The number of hydrogen-bond donors (Lipinski definition) is 3. The lowest BCUT2D eigenvalue weighted by Crippen LogP contribution is -2.47. The van der Waals surface area contributed by atoms with E-state index in [0.717, 1.165) is 0 Å². The van der Waals surface area contributed by atoms with E-state index in [1.807, 2.05) is 0 Å². The molecular formula is C20H22N4O5. The first-order chi connectivity index (χ1) is 14.0. The highest BCUT2D eigenvalue weighted by atomic mass is 16.5. The van der Waals surface area contributed by atoms with Crippen molar-refractivity contribution in [3.05, 3.63) is 42.5 Å². The van der Waals surface area contributed by atoms with Crippen molar-refractivity contribution in [3.63, 3.8) is 0 Å². The molecule has 0 spiro atoms. The Hall–Kier alpha value is -3.75. The van der Waals surface area contributed by atoms with Crippen molar-refractivity contribution in [3.8, 4) is 11.5 Å². The smallest absolute Gasteiger partial charge is 0.322 e. The van der Waals surface area contributed by atoms with Gasteiger partial charge in [-0.15, -0.1) is 0 Å². The molecule has 0 saturated carbocycles. The van der Waals surface area contributed by atoms with E-state index < -0.39 is 6.03 Å². The molecule has 4 amide bonds. The van der Waals surface area contributed by atoms with E-state index in [-0.39, 0.29) is 31.3 Å². The quantitative estimate of drug-likeness (QED) is 0.691. The second kappa shape index (κ2) is 8.96. The molecule has 0 atom stereocenters. The van der Waals surface area contributed by atoms with Crippen molar-refractivity contribution in [1.82, 2.24) is 5.32 Å². The standard InChI is InChI=1S/C20H22N4O5/c1-28-13-7-8-17(29-2)15(11-13)23-18(25)9-10-21-20(27)24-12-19(26)22-14-5-3-4-6-16(14)24/h3-8,11H,9-10,12H2,1-2H3,(H,21,27)(H,22,26)(H,23,25). The van der Waals surface area contributed by atoms with Gasteiger partial charge < -0.3 is 25.4 Å². The molecule has 9 heteroatoms. The Kier molecular flexibility index (Phi) is 6.18. The van der Waals surface area contributed by atoms with Gasteiger partial charge in [0.2, 0.25) is 11.8 Å². The van der Waals surface area contributed by atoms with Gasteiger partial charge in [-0.25, -0.2) is 4.79 Å². The lowest BCUT2D eigenvalue weighted by molar-refractivity contribution is -0.116. The van der Waals surface area contributed by atoms with Crippen LogP contribution in [0.15, 0.2) is 42.5 Å². The van der Waals surface area contributed by atoms with E-state index in [2.05, 4.69) is 16.0 Å². The van der Waals surface area contributed by atoms with Crippen LogP contribution in [0.5, 0.6) is 11.5 Å². The summed E-state index contributed by atoms with van der Waals surface area (Å²) in [7, 11) is 3.03. The van der Waals surface area contributed by atoms with E-state index in [9.17, 15) is 14.4 Å². The Morgan fingerprint density at radius 2 is 1.93 bits per heavy atom. The number of urea groups is 1. The highest BCUT2D eigenvalue weighted by Gasteiger charge is 2.26. The second-order valence-electron chi connectivity index (χ2n) is 6.25. The minimum absolute atomic E-state index is 0.0494. The lowest BCUT2D eigenvalue weighted by Gasteiger charge is -2.29. The number of nitrogens with zero attached hydrogens (tertiary/aromatic N) is 1. The summed E-state index contributed by atoms with van der Waals surface area (Å²) in [5.41, 5.74) is 1.65. The van der Waals surface area contributed by atoms with Crippen LogP contribution in [0.1, 0.15) is 6.42 Å². The van der Waals surface area contributed by atoms with Crippen LogP contribution >= 0.6 is 0 Å². The van der Waals surface area contributed by atoms with Crippen molar-refractivity contribution in [2.24, 2.45) is 0 Å². The minimum atomic E-state index is -0.445. The van der Waals surface area contributed by atoms with Gasteiger partial charge in [0.1, 0.15) is 18.0 Å². The maximum Gasteiger partial charge on any atom is 0.322 e. The van der Waals surface area contributed by atoms with Gasteiger partial charge in [0.15, 0.2) is 0 Å². The van der Waals surface area contributed by atoms with E-state index >= 15 is 0 Å². The minimum Gasteiger partial charge on any atom is -0.497 e. The summed E-state index contributed by atoms with van der Waals surface area (Å²) < 4.78 is 10.4. The molecule has 0 bridgehead atoms. The summed E-state index contributed by atoms with van der Waals surface area (Å²) in [6, 6.07) is 11.6. The summed E-state index contributed by atoms with van der Waals surface area (Å²) in [6.45, 7) is 0.0211. The van der Waals surface area contributed by atoms with Gasteiger partial charge in [0.25, 0.3) is 0 Å². The number of nitrogens with one attached hydrogen (secondary N) is 3. The molecule has 9 nitrogen and oxygen atoms in total. The normalized spacial score (nSPS) is 12.5. The summed E-state index contributed by atoms with van der Waals surface area (Å²) in [4.78, 5) is 37.9. The van der Waals surface area contributed by atoms with Crippen LogP contribution in [0.25, 0.3) is 0 Å². The summed E-state index contributed by atoms with van der Waals surface area (Å²) in [5, 5.41) is 8.13. The third kappa shape index (κ3) is 4.75. The number of carbonyl (C=O) groups is 3. The number of fused-ring (bicyclic) bond motifs is 1. The van der Waals surface area contributed by atoms with Crippen molar-refractivity contribution in [2.45, 2.75) is 6.42 Å². The molecule has 152 valence electrons. The predicted octanol–water partition coefficient (Wildman–Crippen LogP) is 2.20. The third-order valence-corrected chi connectivity index (χ3v) is 4.32. The molecule has 1 aliphatic rings. The Labute approximate surface area is 168 Å². The monoisotopic (exact) mass is 398 g/mol. The summed E-state index contributed by atoms with van der Waals surface area (Å²) in [5.74, 6) is 0.505. The molecule has 1 heterocycles. The molecule has 0 saturated heterocycles. The van der Waals surface area contributed by atoms with Crippen molar-refractivity contribution >= 4 is 34.9 Å². The maximum atomic E-state index is 12.5. The van der Waals surface area contributed by atoms with Crippen LogP contribution in [-0.4, -0.2) is 45.2 Å². The number of rotatable bonds is 6. The van der Waals surface area contributed by atoms with Crippen molar-refractivity contribution < 1.29 is 23.9 Å². The van der Waals surface area contributed by atoms with Gasteiger partial charge in [-0.3, -0.25) is 14.5 Å². The Balaban J connectivity index is 1.56. The van der Waals surface area contributed by atoms with Crippen LogP contribution in [0.3, 0.4) is 0 Å². The van der Waals surface area contributed by atoms with Crippen molar-refractivity contribution in [2.75, 3.05) is 42.8 Å². The average molecular weight is 398 g/mol. The Morgan fingerprint density at radius 1 is 1.14 bits per heavy atom. The van der Waals surface area contributed by atoms with Gasteiger partial charge >= 0.3 is 6.03 Å². The highest BCUT2D eigenvalue weighted by molar-refractivity contribution is 6.09. The van der Waals surface area contributed by atoms with E-state index in [0.29, 0.717) is 28.6 Å². The number of hydrogen-bond acceptors (Lipinski definition) is 5. The zero-order chi connectivity index (χ0) is 20.8. The van der Waals surface area contributed by atoms with Crippen LogP contribution in [0.2, 0.25) is 0 Å². The van der Waals surface area contributed by atoms with Gasteiger partial charge in [-0.1, -0.05) is 12.1 Å². The SMILES string of the molecule is COc1ccc(OC)c(NC(=O)CCNC(=O)N2CC(=O)Nc3ccccc32)c1. The molecule has 1 aliphatic heterocycles. The number of methoxy groups -OCH3 is 2. The average Bonchev–Trinajstić information content (AvgIpc) is 2.72. The Morgan fingerprint density at radius 3 is 2.69 bits per heavy atom. The number of ether oxygens (including phenoxy) is 2. The first-order valence-electron chi connectivity index (χ1n) is 8.98. The first-order valence-corrected chi connectivity index (χ1v) is 8.98. The largest absolute Gasteiger partial charge is 0.497 e. The number of carbonyl (C=O) groups excluding carboxylic acids is 3. The van der Waals surface area contributed by atoms with Gasteiger partial charge in [-0.05, 0) is 24.3 Å². The molecular weight excluding hydrogens is 376 g/mol. The topological polar surface area (TPSA) is 109 Å². The zero-order valence-electron chi connectivity index (χ0n) is 16.2. The van der Waals surface area contributed by atoms with E-state index in [1.165, 1.54) is 19.1 Å². The summed E-state index contributed by atoms with van der Waals surface area (Å²) >= 11 is 0. The second-order valence-corrected chi connectivity index (χ2v) is 6.25. The molecule has 2 aromatic rings. The predicted molar refractivity (Wildman–Crippen MR) is 109 cm³/mol. The van der Waals surface area contributed by atoms with Crippen molar-refractivity contribution in [1.29, 1.82) is 0 Å². The zero-order valence-corrected chi connectivity index (χ0v) is 16.2. The van der Waals surface area contributed by atoms with Gasteiger partial charge in [-0.2, -0.15) is 0 Å². The molecule has 2 aromatic carbocycles. The van der Waals surface area contributed by atoms with E-state index in [4.69, 9.17) is 9.47 Å². The first kappa shape index (κ1) is 20.0. The third-order valence-electron chi connectivity index (χ3n) is 4.32. The molecule has 0 aromatic heterocycles. The number of para-hydroxylation sites is 2. The Bertz CT molecular complexity index is 931. The number of anilines is 3. The molecule has 0 radical (unpaired) electrons. The fourth-order valence-corrected chi connectivity index (χ4v) is 2.92. The molecule has 3 N–H and O–H groups in total. The molecule has 3 rings (SSSR count). The van der Waals surface area contributed by atoms with Crippen LogP contribution in [0.4, 0.5) is 21.9 Å². The fourth-order valence-electron chi connectivity index (χ4n) is 2.92. The van der Waals surface area contributed by atoms with E-state index in [1.54, 1.807) is 42.5 Å². The lowest BCUT2D eigenvalue weighted by atomic mass is 10.2. The molecule has 0 aliphatic carbocycles. The van der Waals surface area contributed by atoms with Crippen LogP contribution in [-0.2, 0) is 9.59 Å². The maximum absolute atomic E-state index is 12.5. The summed E-state index contributed by atoms with van der Waals surface area (Å²) in [6.07, 6.45) is 0.0494. The van der Waals surface area contributed by atoms with Crippen LogP contribution < -0.4 is 30.3 Å². The van der Waals surface area contributed by atoms with Gasteiger partial charge in [0, 0.05) is 19.0 Å². The van der Waals surface area contributed by atoms with Gasteiger partial charge in [0.05, 0.1) is 31.3 Å². The molecule has 0 unspecified atom stereocenters. The number of benzene rings is 2. The molecule has 0 fully saturated rings. The fraction of sp³-hybridized carbons (Fsp3) is 0.250. The highest BCUT2D eigenvalue weighted by Crippen LogP contribution is 2.29.